The van der Waals surface area contributed by atoms with E-state index in [0.717, 1.165) is 88.1 Å². The van der Waals surface area contributed by atoms with Crippen LogP contribution in [0.25, 0.3) is 0 Å². The summed E-state index contributed by atoms with van der Waals surface area (Å²) in [7, 11) is 3.39. The zero-order valence-electron chi connectivity index (χ0n) is 23.1. The van der Waals surface area contributed by atoms with Crippen LogP contribution in [0.4, 0.5) is 0 Å². The normalized spacial score (nSPS) is 13.6. The zero-order valence-corrected chi connectivity index (χ0v) is 24.7. The second kappa shape index (κ2) is 17.9. The lowest BCUT2D eigenvalue weighted by molar-refractivity contribution is 0.111. The Hall–Kier alpha value is -2.64. The maximum Gasteiger partial charge on any atom is 0.161 e. The third-order valence-corrected chi connectivity index (χ3v) is 6.87. The molecule has 3 aromatic carbocycles. The fraction of sp³-hybridized carbons (Fsp3) is 0.419. The highest BCUT2D eigenvalue weighted by Gasteiger charge is 2.16. The number of ether oxygens (including phenoxy) is 4. The van der Waals surface area contributed by atoms with Crippen molar-refractivity contribution in [3.05, 3.63) is 83.9 Å². The lowest BCUT2D eigenvalue weighted by Gasteiger charge is -2.34. The number of methoxy groups -OCH3 is 2. The summed E-state index contributed by atoms with van der Waals surface area (Å²) in [5.41, 5.74) is 2.54. The van der Waals surface area contributed by atoms with E-state index in [1.807, 2.05) is 36.4 Å². The molecular weight excluding hydrogens is 535 g/mol. The maximum absolute atomic E-state index is 6.21. The quantitative estimate of drug-likeness (QED) is 0.226. The van der Waals surface area contributed by atoms with Crippen molar-refractivity contribution in [1.82, 2.24) is 9.80 Å². The van der Waals surface area contributed by atoms with E-state index in [9.17, 15) is 0 Å². The molecule has 0 radical (unpaired) electrons. The average molecular weight is 578 g/mol. The molecule has 0 bridgehead atoms. The van der Waals surface area contributed by atoms with Gasteiger partial charge >= 0.3 is 0 Å². The number of halogens is 2. The van der Waals surface area contributed by atoms with Crippen molar-refractivity contribution in [2.75, 3.05) is 66.7 Å². The number of rotatable bonds is 14. The van der Waals surface area contributed by atoms with Crippen molar-refractivity contribution in [3.8, 4) is 23.0 Å². The number of benzene rings is 3. The maximum atomic E-state index is 6.21. The van der Waals surface area contributed by atoms with E-state index >= 15 is 0 Å². The first-order valence-electron chi connectivity index (χ1n) is 13.3. The number of hydrogen-bond acceptors (Lipinski definition) is 6. The SMILES string of the molecule is COc1cccc(CCc2ccccc2OCCCN2CCN(CCOc3ccccc3OC)CC2)c1.Cl.Cl. The smallest absolute Gasteiger partial charge is 0.161 e. The molecule has 1 heterocycles. The van der Waals surface area contributed by atoms with Crippen LogP contribution in [0.2, 0.25) is 0 Å². The summed E-state index contributed by atoms with van der Waals surface area (Å²) >= 11 is 0. The molecule has 1 aliphatic heterocycles. The van der Waals surface area contributed by atoms with Gasteiger partial charge in [-0.25, -0.2) is 0 Å². The number of hydrogen-bond donors (Lipinski definition) is 0. The standard InChI is InChI=1S/C31H40N2O4.2ClH/c1-34-28-11-7-9-26(25-28)15-16-27-10-3-4-12-29(27)36-23-8-17-32-18-20-33(21-19-32)22-24-37-31-14-6-5-13-30(31)35-2;;/h3-7,9-14,25H,8,15-24H2,1-2H3;2*1H. The minimum Gasteiger partial charge on any atom is -0.497 e. The van der Waals surface area contributed by atoms with Crippen molar-refractivity contribution < 1.29 is 18.9 Å². The fourth-order valence-corrected chi connectivity index (χ4v) is 4.69. The van der Waals surface area contributed by atoms with Crippen molar-refractivity contribution in [2.24, 2.45) is 0 Å². The zero-order chi connectivity index (χ0) is 25.7. The summed E-state index contributed by atoms with van der Waals surface area (Å²) < 4.78 is 22.9. The fourth-order valence-electron chi connectivity index (χ4n) is 4.69. The van der Waals surface area contributed by atoms with Crippen molar-refractivity contribution in [2.45, 2.75) is 19.3 Å². The molecule has 4 rings (SSSR count). The Morgan fingerprint density at radius 2 is 1.26 bits per heavy atom. The lowest BCUT2D eigenvalue weighted by Crippen LogP contribution is -2.47. The van der Waals surface area contributed by atoms with Crippen LogP contribution >= 0.6 is 24.8 Å². The minimum absolute atomic E-state index is 0. The molecule has 1 aliphatic rings. The van der Waals surface area contributed by atoms with Crippen LogP contribution in [-0.4, -0.2) is 76.5 Å². The highest BCUT2D eigenvalue weighted by atomic mass is 35.5. The van der Waals surface area contributed by atoms with Crippen LogP contribution in [0.15, 0.2) is 72.8 Å². The average Bonchev–Trinajstić information content (AvgIpc) is 2.96. The molecule has 0 saturated carbocycles. The topological polar surface area (TPSA) is 43.4 Å². The first kappa shape index (κ1) is 32.6. The van der Waals surface area contributed by atoms with E-state index < -0.39 is 0 Å². The van der Waals surface area contributed by atoms with Crippen LogP contribution < -0.4 is 18.9 Å². The number of para-hydroxylation sites is 3. The van der Waals surface area contributed by atoms with Gasteiger partial charge in [0.05, 0.1) is 20.8 Å². The summed E-state index contributed by atoms with van der Waals surface area (Å²) in [5.74, 6) is 3.51. The third kappa shape index (κ3) is 10.5. The van der Waals surface area contributed by atoms with Gasteiger partial charge in [0.25, 0.3) is 0 Å². The molecule has 0 aromatic heterocycles. The predicted octanol–water partition coefficient (Wildman–Crippen LogP) is 5.80. The molecule has 1 fully saturated rings. The van der Waals surface area contributed by atoms with Gasteiger partial charge in [-0.3, -0.25) is 4.90 Å². The Kier molecular flexibility index (Phi) is 14.9. The monoisotopic (exact) mass is 576 g/mol. The Bertz CT molecular complexity index is 1090. The van der Waals surface area contributed by atoms with Gasteiger partial charge in [0.1, 0.15) is 18.1 Å². The molecule has 6 nitrogen and oxygen atoms in total. The molecule has 1 saturated heterocycles. The van der Waals surface area contributed by atoms with Gasteiger partial charge in [-0.2, -0.15) is 0 Å². The molecule has 0 unspecified atom stereocenters. The van der Waals surface area contributed by atoms with E-state index in [-0.39, 0.29) is 24.8 Å². The Labute approximate surface area is 246 Å². The second-order valence-corrected chi connectivity index (χ2v) is 9.34. The first-order chi connectivity index (χ1) is 18.2. The largest absolute Gasteiger partial charge is 0.497 e. The molecule has 214 valence electrons. The third-order valence-electron chi connectivity index (χ3n) is 6.87. The molecule has 0 atom stereocenters. The number of nitrogens with zero attached hydrogens (tertiary/aromatic N) is 2. The van der Waals surface area contributed by atoms with E-state index in [2.05, 4.69) is 46.2 Å². The van der Waals surface area contributed by atoms with Gasteiger partial charge in [-0.1, -0.05) is 42.5 Å². The number of aryl methyl sites for hydroxylation is 2. The van der Waals surface area contributed by atoms with Crippen molar-refractivity contribution in [1.29, 1.82) is 0 Å². The van der Waals surface area contributed by atoms with Crippen molar-refractivity contribution >= 4 is 24.8 Å². The molecule has 0 spiro atoms. The van der Waals surface area contributed by atoms with Crippen LogP contribution in [0.5, 0.6) is 23.0 Å². The molecule has 8 heteroatoms. The van der Waals surface area contributed by atoms with Gasteiger partial charge in [-0.05, 0) is 60.7 Å². The Balaban J connectivity index is 0.00000267. The molecule has 3 aromatic rings. The van der Waals surface area contributed by atoms with Crippen LogP contribution in [-0.2, 0) is 12.8 Å². The Morgan fingerprint density at radius 1 is 0.615 bits per heavy atom. The van der Waals surface area contributed by atoms with E-state index in [4.69, 9.17) is 18.9 Å². The minimum atomic E-state index is 0. The van der Waals surface area contributed by atoms with E-state index in [1.165, 1.54) is 11.1 Å². The van der Waals surface area contributed by atoms with Gasteiger partial charge in [0.2, 0.25) is 0 Å². The van der Waals surface area contributed by atoms with Crippen LogP contribution in [0.3, 0.4) is 0 Å². The summed E-state index contributed by atoms with van der Waals surface area (Å²) in [6.45, 7) is 7.73. The molecule has 0 aliphatic carbocycles. The van der Waals surface area contributed by atoms with Gasteiger partial charge in [0, 0.05) is 39.3 Å². The number of piperazine rings is 1. The predicted molar refractivity (Wildman–Crippen MR) is 163 cm³/mol. The highest BCUT2D eigenvalue weighted by molar-refractivity contribution is 5.85. The van der Waals surface area contributed by atoms with Gasteiger partial charge < -0.3 is 23.8 Å². The summed E-state index contributed by atoms with van der Waals surface area (Å²) in [6, 6.07) is 24.5. The van der Waals surface area contributed by atoms with Crippen LogP contribution in [0.1, 0.15) is 17.5 Å². The van der Waals surface area contributed by atoms with Crippen LogP contribution in [0, 0.1) is 0 Å². The first-order valence-corrected chi connectivity index (χ1v) is 13.3. The second-order valence-electron chi connectivity index (χ2n) is 9.34. The lowest BCUT2D eigenvalue weighted by atomic mass is 10.0. The van der Waals surface area contributed by atoms with Gasteiger partial charge in [-0.15, -0.1) is 24.8 Å². The summed E-state index contributed by atoms with van der Waals surface area (Å²) in [6.07, 6.45) is 2.94. The molecule has 39 heavy (non-hydrogen) atoms. The van der Waals surface area contributed by atoms with E-state index in [1.54, 1.807) is 14.2 Å². The van der Waals surface area contributed by atoms with Gasteiger partial charge in [0.15, 0.2) is 11.5 Å². The molecular formula is C31H42Cl2N2O4. The summed E-state index contributed by atoms with van der Waals surface area (Å²) in [4.78, 5) is 5.01. The van der Waals surface area contributed by atoms with E-state index in [0.29, 0.717) is 6.61 Å². The highest BCUT2D eigenvalue weighted by Crippen LogP contribution is 2.25. The summed E-state index contributed by atoms with van der Waals surface area (Å²) in [5, 5.41) is 0. The molecule has 0 amide bonds. The van der Waals surface area contributed by atoms with Crippen molar-refractivity contribution in [3.63, 3.8) is 0 Å². The molecule has 0 N–H and O–H groups in total. The Morgan fingerprint density at radius 3 is 1.97 bits per heavy atom.